The molecule has 2 aromatic heterocycles. The normalized spacial score (nSPS) is 10.2. The van der Waals surface area contributed by atoms with Crippen LogP contribution >= 0.6 is 35.7 Å². The van der Waals surface area contributed by atoms with Crippen molar-refractivity contribution in [2.45, 2.75) is 11.5 Å². The Kier molecular flexibility index (Phi) is 5.64. The molecule has 2 nitrogen and oxygen atoms in total. The Labute approximate surface area is 121 Å². The molecule has 0 atom stereocenters. The van der Waals surface area contributed by atoms with Gasteiger partial charge in [0.2, 0.25) is 0 Å². The van der Waals surface area contributed by atoms with Crippen LogP contribution in [0.4, 0.5) is 0 Å². The highest BCUT2D eigenvalue weighted by Gasteiger charge is 2.02. The summed E-state index contributed by atoms with van der Waals surface area (Å²) in [5.41, 5.74) is 2.12. The molecular formula is C13H12N2S3. The largest absolute Gasteiger partial charge is 0.260 e. The van der Waals surface area contributed by atoms with Crippen LogP contribution < -0.4 is 0 Å². The average molecular weight is 292 g/mol. The lowest BCUT2D eigenvalue weighted by Crippen LogP contribution is -1.90. The number of pyridine rings is 2. The third kappa shape index (κ3) is 4.76. The Balaban J connectivity index is 1.73. The summed E-state index contributed by atoms with van der Waals surface area (Å²) < 4.78 is 0.936. The van der Waals surface area contributed by atoms with Crippen LogP contribution in [0.5, 0.6) is 0 Å². The molecule has 92 valence electrons. The summed E-state index contributed by atoms with van der Waals surface area (Å²) in [5, 5.41) is 0. The Bertz CT molecular complexity index is 443. The van der Waals surface area contributed by atoms with Gasteiger partial charge in [0.25, 0.3) is 0 Å². The molecule has 0 unspecified atom stereocenters. The summed E-state index contributed by atoms with van der Waals surface area (Å²) >= 11 is 8.63. The van der Waals surface area contributed by atoms with E-state index in [9.17, 15) is 0 Å². The van der Waals surface area contributed by atoms with Crippen molar-refractivity contribution in [3.05, 3.63) is 60.2 Å². The highest BCUT2D eigenvalue weighted by molar-refractivity contribution is 8.46. The first-order chi connectivity index (χ1) is 8.84. The SMILES string of the molecule is S=C(SCc1ccccn1)SCc1ccccn1. The van der Waals surface area contributed by atoms with Crippen LogP contribution in [-0.4, -0.2) is 13.5 Å². The molecule has 0 fully saturated rings. The predicted molar refractivity (Wildman–Crippen MR) is 83.7 cm³/mol. The van der Waals surface area contributed by atoms with Gasteiger partial charge in [-0.2, -0.15) is 0 Å². The second-order valence-electron chi connectivity index (χ2n) is 3.47. The van der Waals surface area contributed by atoms with Crippen LogP contribution in [0.1, 0.15) is 11.4 Å². The molecule has 0 aliphatic carbocycles. The minimum atomic E-state index is 0.828. The van der Waals surface area contributed by atoms with E-state index in [1.807, 2.05) is 36.4 Å². The van der Waals surface area contributed by atoms with Crippen LogP contribution in [-0.2, 0) is 11.5 Å². The van der Waals surface area contributed by atoms with Crippen molar-refractivity contribution in [1.82, 2.24) is 9.97 Å². The van der Waals surface area contributed by atoms with E-state index in [0.29, 0.717) is 0 Å². The van der Waals surface area contributed by atoms with Crippen LogP contribution in [0.2, 0.25) is 0 Å². The van der Waals surface area contributed by atoms with Crippen molar-refractivity contribution in [2.75, 3.05) is 0 Å². The summed E-state index contributed by atoms with van der Waals surface area (Å²) in [6.07, 6.45) is 3.61. The Morgan fingerprint density at radius 3 is 1.78 bits per heavy atom. The van der Waals surface area contributed by atoms with Gasteiger partial charge in [-0.15, -0.1) is 23.5 Å². The van der Waals surface area contributed by atoms with Crippen LogP contribution in [0, 0.1) is 0 Å². The molecule has 0 N–H and O–H groups in total. The van der Waals surface area contributed by atoms with E-state index in [-0.39, 0.29) is 0 Å². The van der Waals surface area contributed by atoms with Gasteiger partial charge in [0, 0.05) is 23.9 Å². The standard InChI is InChI=1S/C13H12N2S3/c16-13(17-9-11-5-1-3-7-14-11)18-10-12-6-2-4-8-15-12/h1-8H,9-10H2. The average Bonchev–Trinajstić information content (AvgIpc) is 2.45. The van der Waals surface area contributed by atoms with E-state index < -0.39 is 0 Å². The number of aromatic nitrogens is 2. The zero-order valence-electron chi connectivity index (χ0n) is 9.65. The maximum Gasteiger partial charge on any atom is 0.105 e. The molecule has 0 saturated heterocycles. The van der Waals surface area contributed by atoms with Gasteiger partial charge in [-0.1, -0.05) is 24.4 Å². The van der Waals surface area contributed by atoms with Crippen molar-refractivity contribution in [3.8, 4) is 0 Å². The first kappa shape index (κ1) is 13.5. The Morgan fingerprint density at radius 2 is 1.39 bits per heavy atom. The fraction of sp³-hybridized carbons (Fsp3) is 0.154. The van der Waals surface area contributed by atoms with Crippen molar-refractivity contribution in [3.63, 3.8) is 0 Å². The Morgan fingerprint density at radius 1 is 0.889 bits per heavy atom. The molecule has 0 amide bonds. The summed E-state index contributed by atoms with van der Waals surface area (Å²) in [6.45, 7) is 0. The summed E-state index contributed by atoms with van der Waals surface area (Å²) in [7, 11) is 0. The van der Waals surface area contributed by atoms with E-state index in [1.165, 1.54) is 0 Å². The number of thiocarbonyl (C=S) groups is 1. The van der Waals surface area contributed by atoms with E-state index in [4.69, 9.17) is 12.2 Å². The third-order valence-electron chi connectivity index (χ3n) is 2.13. The monoisotopic (exact) mass is 292 g/mol. The summed E-state index contributed by atoms with van der Waals surface area (Å²) in [4.78, 5) is 8.53. The molecular weight excluding hydrogens is 280 g/mol. The second-order valence-corrected chi connectivity index (χ2v) is 6.62. The van der Waals surface area contributed by atoms with Crippen molar-refractivity contribution in [1.29, 1.82) is 0 Å². The molecule has 2 heterocycles. The zero-order valence-corrected chi connectivity index (χ0v) is 12.1. The lowest BCUT2D eigenvalue weighted by atomic mass is 10.4. The number of nitrogens with zero attached hydrogens (tertiary/aromatic N) is 2. The molecule has 0 saturated carbocycles. The van der Waals surface area contributed by atoms with E-state index in [1.54, 1.807) is 35.9 Å². The maximum absolute atomic E-state index is 5.32. The van der Waals surface area contributed by atoms with Crippen LogP contribution in [0.15, 0.2) is 48.8 Å². The van der Waals surface area contributed by atoms with E-state index >= 15 is 0 Å². The fourth-order valence-electron chi connectivity index (χ4n) is 1.27. The minimum absolute atomic E-state index is 0.828. The molecule has 2 rings (SSSR count). The van der Waals surface area contributed by atoms with E-state index in [0.717, 1.165) is 26.4 Å². The van der Waals surface area contributed by atoms with Crippen LogP contribution in [0.25, 0.3) is 0 Å². The molecule has 0 aliphatic rings. The molecule has 0 bridgehead atoms. The molecule has 0 aliphatic heterocycles. The third-order valence-corrected chi connectivity index (χ3v) is 4.89. The highest BCUT2D eigenvalue weighted by Crippen LogP contribution is 2.23. The molecule has 0 aromatic carbocycles. The van der Waals surface area contributed by atoms with Gasteiger partial charge < -0.3 is 0 Å². The second kappa shape index (κ2) is 7.51. The van der Waals surface area contributed by atoms with Gasteiger partial charge in [0.05, 0.1) is 11.4 Å². The maximum atomic E-state index is 5.32. The summed E-state index contributed by atoms with van der Waals surface area (Å²) in [5.74, 6) is 1.66. The van der Waals surface area contributed by atoms with Gasteiger partial charge >= 0.3 is 0 Å². The smallest absolute Gasteiger partial charge is 0.105 e. The predicted octanol–water partition coefficient (Wildman–Crippen LogP) is 3.93. The van der Waals surface area contributed by atoms with Gasteiger partial charge in [-0.05, 0) is 24.3 Å². The number of hydrogen-bond acceptors (Lipinski definition) is 5. The number of hydrogen-bond donors (Lipinski definition) is 0. The van der Waals surface area contributed by atoms with Crippen molar-refractivity contribution < 1.29 is 0 Å². The molecule has 0 radical (unpaired) electrons. The zero-order chi connectivity index (χ0) is 12.6. The van der Waals surface area contributed by atoms with Crippen LogP contribution in [0.3, 0.4) is 0 Å². The first-order valence-electron chi connectivity index (χ1n) is 5.44. The number of rotatable bonds is 4. The van der Waals surface area contributed by atoms with Gasteiger partial charge in [0.1, 0.15) is 3.53 Å². The molecule has 5 heteroatoms. The van der Waals surface area contributed by atoms with Gasteiger partial charge in [-0.25, -0.2) is 0 Å². The van der Waals surface area contributed by atoms with Crippen molar-refractivity contribution >= 4 is 39.3 Å². The topological polar surface area (TPSA) is 25.8 Å². The number of thioether (sulfide) groups is 2. The molecule has 2 aromatic rings. The van der Waals surface area contributed by atoms with Gasteiger partial charge in [-0.3, -0.25) is 9.97 Å². The van der Waals surface area contributed by atoms with Gasteiger partial charge in [0.15, 0.2) is 0 Å². The van der Waals surface area contributed by atoms with Crippen molar-refractivity contribution in [2.24, 2.45) is 0 Å². The summed E-state index contributed by atoms with van der Waals surface area (Å²) in [6, 6.07) is 11.8. The fourth-order valence-corrected chi connectivity index (χ4v) is 3.19. The molecule has 0 spiro atoms. The minimum Gasteiger partial charge on any atom is -0.260 e. The lowest BCUT2D eigenvalue weighted by Gasteiger charge is -2.03. The highest BCUT2D eigenvalue weighted by atomic mass is 32.2. The lowest BCUT2D eigenvalue weighted by molar-refractivity contribution is 1.18. The Hall–Kier alpha value is -0.910. The molecule has 18 heavy (non-hydrogen) atoms. The quantitative estimate of drug-likeness (QED) is 0.796. The first-order valence-corrected chi connectivity index (χ1v) is 7.82. The van der Waals surface area contributed by atoms with E-state index in [2.05, 4.69) is 9.97 Å².